The molecule has 0 radical (unpaired) electrons. The van der Waals surface area contributed by atoms with E-state index in [9.17, 15) is 9.90 Å². The fraction of sp³-hybridized carbons (Fsp3) is 0.471. The predicted octanol–water partition coefficient (Wildman–Crippen LogP) is 3.55. The molecule has 0 atom stereocenters. The first-order valence-electron chi connectivity index (χ1n) is 7.36. The van der Waals surface area contributed by atoms with Crippen molar-refractivity contribution in [1.82, 2.24) is 9.80 Å². The van der Waals surface area contributed by atoms with Crippen LogP contribution in [0.3, 0.4) is 0 Å². The summed E-state index contributed by atoms with van der Waals surface area (Å²) >= 11 is 0. The minimum atomic E-state index is -0.870. The van der Waals surface area contributed by atoms with Crippen LogP contribution in [0.15, 0.2) is 42.1 Å². The standard InChI is InChI=1S/C17H24N2O2/c1-17(2,3)19(16(20)21)15-9-11-18(12-10-15)13-14-7-5-4-6-8-14/h4-9H,10-13H2,1-3H3,(H,20,21). The average Bonchev–Trinajstić information content (AvgIpc) is 2.40. The largest absolute Gasteiger partial charge is 0.465 e. The molecule has 1 aromatic rings. The van der Waals surface area contributed by atoms with Gasteiger partial charge in [0.1, 0.15) is 0 Å². The molecule has 21 heavy (non-hydrogen) atoms. The SMILES string of the molecule is CC(C)(C)N(C(=O)O)C1=CCN(Cc2ccccc2)CC1. The van der Waals surface area contributed by atoms with Gasteiger partial charge in [0.2, 0.25) is 0 Å². The van der Waals surface area contributed by atoms with Gasteiger partial charge in [0, 0.05) is 37.3 Å². The Morgan fingerprint density at radius 2 is 1.95 bits per heavy atom. The van der Waals surface area contributed by atoms with Crippen molar-refractivity contribution in [3.05, 3.63) is 47.7 Å². The third kappa shape index (κ3) is 4.08. The molecular formula is C17H24N2O2. The zero-order chi connectivity index (χ0) is 15.5. The van der Waals surface area contributed by atoms with Crippen molar-refractivity contribution in [3.8, 4) is 0 Å². The van der Waals surface area contributed by atoms with Crippen LogP contribution in [0.1, 0.15) is 32.8 Å². The van der Waals surface area contributed by atoms with E-state index in [1.165, 1.54) is 10.5 Å². The zero-order valence-electron chi connectivity index (χ0n) is 13.0. The second kappa shape index (κ2) is 6.31. The highest BCUT2D eigenvalue weighted by molar-refractivity contribution is 5.68. The van der Waals surface area contributed by atoms with Gasteiger partial charge in [-0.1, -0.05) is 36.4 Å². The van der Waals surface area contributed by atoms with E-state index in [4.69, 9.17) is 0 Å². The van der Waals surface area contributed by atoms with Gasteiger partial charge in [-0.2, -0.15) is 0 Å². The molecule has 0 unspecified atom stereocenters. The molecule has 1 heterocycles. The van der Waals surface area contributed by atoms with Crippen LogP contribution in [-0.2, 0) is 6.54 Å². The van der Waals surface area contributed by atoms with Crippen LogP contribution in [0, 0.1) is 0 Å². The van der Waals surface area contributed by atoms with E-state index in [1.54, 1.807) is 0 Å². The Morgan fingerprint density at radius 3 is 2.43 bits per heavy atom. The predicted molar refractivity (Wildman–Crippen MR) is 84.0 cm³/mol. The maximum Gasteiger partial charge on any atom is 0.412 e. The minimum absolute atomic E-state index is 0.404. The summed E-state index contributed by atoms with van der Waals surface area (Å²) in [5.41, 5.74) is 1.80. The molecule has 2 rings (SSSR count). The number of carbonyl (C=O) groups is 1. The van der Waals surface area contributed by atoms with E-state index in [0.29, 0.717) is 0 Å². The fourth-order valence-electron chi connectivity index (χ4n) is 2.73. The highest BCUT2D eigenvalue weighted by Crippen LogP contribution is 2.25. The first kappa shape index (κ1) is 15.6. The number of carboxylic acid groups (broad SMARTS) is 1. The Morgan fingerprint density at radius 1 is 1.29 bits per heavy atom. The lowest BCUT2D eigenvalue weighted by Gasteiger charge is -2.38. The summed E-state index contributed by atoms with van der Waals surface area (Å²) in [7, 11) is 0. The van der Waals surface area contributed by atoms with Crippen molar-refractivity contribution in [2.75, 3.05) is 13.1 Å². The Balaban J connectivity index is 2.03. The van der Waals surface area contributed by atoms with Gasteiger partial charge >= 0.3 is 6.09 Å². The van der Waals surface area contributed by atoms with Crippen LogP contribution < -0.4 is 0 Å². The van der Waals surface area contributed by atoms with Crippen molar-refractivity contribution >= 4 is 6.09 Å². The van der Waals surface area contributed by atoms with Crippen molar-refractivity contribution in [2.45, 2.75) is 39.3 Å². The van der Waals surface area contributed by atoms with E-state index in [-0.39, 0.29) is 0 Å². The first-order valence-corrected chi connectivity index (χ1v) is 7.36. The van der Waals surface area contributed by atoms with E-state index in [0.717, 1.165) is 31.8 Å². The summed E-state index contributed by atoms with van der Waals surface area (Å²) in [6, 6.07) is 10.4. The second-order valence-corrected chi connectivity index (χ2v) is 6.45. The lowest BCUT2D eigenvalue weighted by molar-refractivity contribution is 0.115. The molecule has 0 fully saturated rings. The minimum Gasteiger partial charge on any atom is -0.465 e. The van der Waals surface area contributed by atoms with Crippen molar-refractivity contribution in [2.24, 2.45) is 0 Å². The van der Waals surface area contributed by atoms with Gasteiger partial charge in [-0.3, -0.25) is 9.80 Å². The molecule has 1 aliphatic heterocycles. The Bertz CT molecular complexity index is 517. The molecule has 0 spiro atoms. The summed E-state index contributed by atoms with van der Waals surface area (Å²) in [4.78, 5) is 15.3. The Labute approximate surface area is 126 Å². The van der Waals surface area contributed by atoms with Crippen molar-refractivity contribution < 1.29 is 9.90 Å². The Kier molecular flexibility index (Phi) is 4.68. The molecule has 114 valence electrons. The van der Waals surface area contributed by atoms with Gasteiger partial charge in [-0.15, -0.1) is 0 Å². The van der Waals surface area contributed by atoms with E-state index >= 15 is 0 Å². The first-order chi connectivity index (χ1) is 9.88. The molecule has 1 amide bonds. The highest BCUT2D eigenvalue weighted by Gasteiger charge is 2.30. The smallest absolute Gasteiger partial charge is 0.412 e. The molecule has 1 N–H and O–H groups in total. The summed E-state index contributed by atoms with van der Waals surface area (Å²) in [6.07, 6.45) is 1.95. The van der Waals surface area contributed by atoms with Crippen LogP contribution in [0.2, 0.25) is 0 Å². The fourth-order valence-corrected chi connectivity index (χ4v) is 2.73. The van der Waals surface area contributed by atoms with Gasteiger partial charge in [0.05, 0.1) is 0 Å². The van der Waals surface area contributed by atoms with Crippen molar-refractivity contribution in [3.63, 3.8) is 0 Å². The topological polar surface area (TPSA) is 43.8 Å². The van der Waals surface area contributed by atoms with E-state index < -0.39 is 11.6 Å². The molecule has 4 heteroatoms. The monoisotopic (exact) mass is 288 g/mol. The van der Waals surface area contributed by atoms with Gasteiger partial charge in [-0.05, 0) is 26.3 Å². The van der Waals surface area contributed by atoms with Crippen LogP contribution in [0.25, 0.3) is 0 Å². The average molecular weight is 288 g/mol. The molecule has 4 nitrogen and oxygen atoms in total. The summed E-state index contributed by atoms with van der Waals surface area (Å²) in [5, 5.41) is 9.43. The zero-order valence-corrected chi connectivity index (χ0v) is 13.0. The van der Waals surface area contributed by atoms with Gasteiger partial charge in [-0.25, -0.2) is 4.79 Å². The highest BCUT2D eigenvalue weighted by atomic mass is 16.4. The maximum absolute atomic E-state index is 11.5. The third-order valence-corrected chi connectivity index (χ3v) is 3.67. The summed E-state index contributed by atoms with van der Waals surface area (Å²) < 4.78 is 0. The lowest BCUT2D eigenvalue weighted by Crippen LogP contribution is -2.46. The molecular weight excluding hydrogens is 264 g/mol. The van der Waals surface area contributed by atoms with Crippen LogP contribution in [0.4, 0.5) is 4.79 Å². The molecule has 0 aromatic heterocycles. The second-order valence-electron chi connectivity index (χ2n) is 6.45. The third-order valence-electron chi connectivity index (χ3n) is 3.67. The lowest BCUT2D eigenvalue weighted by atomic mass is 10.0. The van der Waals surface area contributed by atoms with E-state index in [1.807, 2.05) is 45.0 Å². The van der Waals surface area contributed by atoms with Crippen LogP contribution >= 0.6 is 0 Å². The summed E-state index contributed by atoms with van der Waals surface area (Å²) in [5.74, 6) is 0. The number of rotatable bonds is 3. The van der Waals surface area contributed by atoms with Gasteiger partial charge in [0.25, 0.3) is 0 Å². The normalized spacial score (nSPS) is 16.4. The molecule has 0 saturated carbocycles. The van der Waals surface area contributed by atoms with Gasteiger partial charge < -0.3 is 5.11 Å². The quantitative estimate of drug-likeness (QED) is 0.925. The molecule has 0 bridgehead atoms. The van der Waals surface area contributed by atoms with Crippen LogP contribution in [-0.4, -0.2) is 39.6 Å². The maximum atomic E-state index is 11.5. The number of amides is 1. The van der Waals surface area contributed by atoms with Crippen molar-refractivity contribution in [1.29, 1.82) is 0 Å². The summed E-state index contributed by atoms with van der Waals surface area (Å²) in [6.45, 7) is 8.38. The molecule has 0 saturated heterocycles. The number of hydrogen-bond donors (Lipinski definition) is 1. The number of nitrogens with zero attached hydrogens (tertiary/aromatic N) is 2. The molecule has 1 aromatic carbocycles. The van der Waals surface area contributed by atoms with Crippen LogP contribution in [0.5, 0.6) is 0 Å². The van der Waals surface area contributed by atoms with Gasteiger partial charge in [0.15, 0.2) is 0 Å². The molecule has 0 aliphatic carbocycles. The molecule has 1 aliphatic rings. The number of benzene rings is 1. The Hall–Kier alpha value is -1.81. The number of hydrogen-bond acceptors (Lipinski definition) is 2. The van der Waals surface area contributed by atoms with E-state index in [2.05, 4.69) is 17.0 Å².